The molecular weight excluding hydrogens is 374 g/mol. The molecule has 0 bridgehead atoms. The monoisotopic (exact) mass is 401 g/mol. The van der Waals surface area contributed by atoms with Crippen molar-refractivity contribution in [3.8, 4) is 0 Å². The molecule has 146 valence electrons. The van der Waals surface area contributed by atoms with Crippen LogP contribution in [-0.4, -0.2) is 59.0 Å². The van der Waals surface area contributed by atoms with Crippen molar-refractivity contribution in [3.05, 3.63) is 22.1 Å². The first-order valence-corrected chi connectivity index (χ1v) is 11.7. The molecule has 1 N–H and O–H groups in total. The number of rotatable bonds is 8. The number of amides is 1. The fraction of sp³-hybridized carbons (Fsp3) is 0.706. The van der Waals surface area contributed by atoms with Gasteiger partial charge in [0, 0.05) is 24.3 Å². The molecular formula is C17H27N3O4S2. The van der Waals surface area contributed by atoms with E-state index in [9.17, 15) is 18.0 Å². The Bertz CT molecular complexity index is 789. The molecule has 1 aromatic heterocycles. The van der Waals surface area contributed by atoms with E-state index in [1.807, 2.05) is 20.8 Å². The van der Waals surface area contributed by atoms with E-state index in [-0.39, 0.29) is 40.7 Å². The number of nitrogens with zero attached hydrogens (tertiary/aromatic N) is 2. The summed E-state index contributed by atoms with van der Waals surface area (Å²) in [5.74, 6) is 0.437. The number of H-pyrrole nitrogens is 1. The summed E-state index contributed by atoms with van der Waals surface area (Å²) in [5.41, 5.74) is 0.492. The van der Waals surface area contributed by atoms with Gasteiger partial charge in [0.2, 0.25) is 5.91 Å². The molecule has 1 aliphatic rings. The molecule has 2 heterocycles. The van der Waals surface area contributed by atoms with Crippen LogP contribution < -0.4 is 5.56 Å². The van der Waals surface area contributed by atoms with Crippen molar-refractivity contribution in [2.24, 2.45) is 5.92 Å². The van der Waals surface area contributed by atoms with Crippen molar-refractivity contribution in [1.82, 2.24) is 14.9 Å². The Morgan fingerprint density at radius 1 is 1.46 bits per heavy atom. The van der Waals surface area contributed by atoms with Crippen molar-refractivity contribution < 1.29 is 13.2 Å². The van der Waals surface area contributed by atoms with Gasteiger partial charge in [0.15, 0.2) is 15.0 Å². The molecule has 0 aliphatic carbocycles. The third kappa shape index (κ3) is 6.12. The molecule has 1 saturated heterocycles. The summed E-state index contributed by atoms with van der Waals surface area (Å²) >= 11 is 1.19. The van der Waals surface area contributed by atoms with E-state index >= 15 is 0 Å². The lowest BCUT2D eigenvalue weighted by atomic mass is 10.1. The van der Waals surface area contributed by atoms with Crippen molar-refractivity contribution >= 4 is 27.5 Å². The zero-order valence-electron chi connectivity index (χ0n) is 15.5. The minimum Gasteiger partial charge on any atom is -0.338 e. The highest BCUT2D eigenvalue weighted by molar-refractivity contribution is 7.99. The summed E-state index contributed by atoms with van der Waals surface area (Å²) in [4.78, 5) is 33.2. The smallest absolute Gasteiger partial charge is 0.251 e. The average molecular weight is 402 g/mol. The summed E-state index contributed by atoms with van der Waals surface area (Å²) in [5, 5.41) is 0.429. The number of aromatic amines is 1. The van der Waals surface area contributed by atoms with Crippen molar-refractivity contribution in [1.29, 1.82) is 0 Å². The van der Waals surface area contributed by atoms with Gasteiger partial charge in [-0.15, -0.1) is 0 Å². The number of aromatic nitrogens is 2. The molecule has 9 heteroatoms. The maximum atomic E-state index is 12.7. The number of nitrogens with one attached hydrogen (secondary N) is 1. The van der Waals surface area contributed by atoms with Crippen LogP contribution in [0.4, 0.5) is 0 Å². The summed E-state index contributed by atoms with van der Waals surface area (Å²) in [6, 6.07) is 1.22. The van der Waals surface area contributed by atoms with Gasteiger partial charge in [-0.05, 0) is 18.8 Å². The van der Waals surface area contributed by atoms with Crippen LogP contribution in [0.5, 0.6) is 0 Å². The van der Waals surface area contributed by atoms with Gasteiger partial charge in [-0.3, -0.25) is 9.59 Å². The molecule has 0 aromatic carbocycles. The predicted molar refractivity (Wildman–Crippen MR) is 103 cm³/mol. The first kappa shape index (κ1) is 21.0. The Hall–Kier alpha value is -1.35. The molecule has 0 saturated carbocycles. The van der Waals surface area contributed by atoms with E-state index in [0.717, 1.165) is 6.42 Å². The zero-order chi connectivity index (χ0) is 19.3. The predicted octanol–water partition coefficient (Wildman–Crippen LogP) is 1.49. The average Bonchev–Trinajstić information content (AvgIpc) is 2.90. The number of carbonyl (C=O) groups is 1. The van der Waals surface area contributed by atoms with E-state index in [2.05, 4.69) is 9.97 Å². The molecule has 1 amide bonds. The van der Waals surface area contributed by atoms with Gasteiger partial charge in [-0.1, -0.05) is 39.0 Å². The minimum absolute atomic E-state index is 0.0389. The Kier molecular flexibility index (Phi) is 7.28. The molecule has 1 aliphatic heterocycles. The molecule has 0 unspecified atom stereocenters. The molecule has 7 nitrogen and oxygen atoms in total. The van der Waals surface area contributed by atoms with Crippen LogP contribution in [0.15, 0.2) is 16.0 Å². The first-order chi connectivity index (χ1) is 12.2. The minimum atomic E-state index is -3.06. The molecule has 26 heavy (non-hydrogen) atoms. The van der Waals surface area contributed by atoms with Crippen LogP contribution in [0, 0.1) is 5.92 Å². The van der Waals surface area contributed by atoms with Crippen LogP contribution in [0.25, 0.3) is 0 Å². The second-order valence-corrected chi connectivity index (χ2v) is 10.3. The number of sulfone groups is 1. The normalized spacial score (nSPS) is 19.0. The molecule has 1 fully saturated rings. The summed E-state index contributed by atoms with van der Waals surface area (Å²) < 4.78 is 23.6. The van der Waals surface area contributed by atoms with Crippen molar-refractivity contribution in [3.63, 3.8) is 0 Å². The lowest BCUT2D eigenvalue weighted by molar-refractivity contribution is -0.130. The molecule has 1 aromatic rings. The van der Waals surface area contributed by atoms with E-state index < -0.39 is 9.84 Å². The fourth-order valence-corrected chi connectivity index (χ4v) is 5.53. The van der Waals surface area contributed by atoms with Crippen LogP contribution in [0.2, 0.25) is 0 Å². The molecule has 1 atom stereocenters. The van der Waals surface area contributed by atoms with Gasteiger partial charge in [-0.25, -0.2) is 13.4 Å². The second kappa shape index (κ2) is 9.03. The molecule has 0 radical (unpaired) electrons. The van der Waals surface area contributed by atoms with Gasteiger partial charge in [-0.2, -0.15) is 0 Å². The van der Waals surface area contributed by atoms with Crippen LogP contribution in [-0.2, 0) is 21.1 Å². The Labute approximate surface area is 158 Å². The summed E-state index contributed by atoms with van der Waals surface area (Å²) in [6.07, 6.45) is 2.09. The zero-order valence-corrected chi connectivity index (χ0v) is 17.2. The van der Waals surface area contributed by atoms with Gasteiger partial charge < -0.3 is 9.88 Å². The third-order valence-corrected chi connectivity index (χ3v) is 6.75. The highest BCUT2D eigenvalue weighted by atomic mass is 32.2. The highest BCUT2D eigenvalue weighted by Crippen LogP contribution is 2.21. The first-order valence-electron chi connectivity index (χ1n) is 8.93. The van der Waals surface area contributed by atoms with E-state index in [0.29, 0.717) is 30.2 Å². The lowest BCUT2D eigenvalue weighted by Crippen LogP contribution is -2.44. The van der Waals surface area contributed by atoms with Gasteiger partial charge in [0.05, 0.1) is 17.3 Å². The van der Waals surface area contributed by atoms with E-state index in [1.54, 1.807) is 4.90 Å². The van der Waals surface area contributed by atoms with Crippen LogP contribution >= 0.6 is 11.8 Å². The van der Waals surface area contributed by atoms with Crippen LogP contribution in [0.1, 0.15) is 39.3 Å². The standard InChI is InChI=1S/C17H27N3O4S2/c1-4-5-13-8-15(21)19-17(18-13)25-10-16(22)20(9-12(2)3)14-6-7-26(23,24)11-14/h8,12,14H,4-7,9-11H2,1-3H3,(H,18,19,21)/t14-/m1/s1. The molecule has 0 spiro atoms. The topological polar surface area (TPSA) is 100 Å². The number of hydrogen-bond acceptors (Lipinski definition) is 6. The van der Waals surface area contributed by atoms with Gasteiger partial charge >= 0.3 is 0 Å². The van der Waals surface area contributed by atoms with Gasteiger partial charge in [0.25, 0.3) is 5.56 Å². The number of aryl methyl sites for hydroxylation is 1. The number of carbonyl (C=O) groups excluding carboxylic acids is 1. The van der Waals surface area contributed by atoms with Crippen molar-refractivity contribution in [2.45, 2.75) is 51.2 Å². The fourth-order valence-electron chi connectivity index (χ4n) is 3.02. The van der Waals surface area contributed by atoms with Crippen molar-refractivity contribution in [2.75, 3.05) is 23.8 Å². The SMILES string of the molecule is CCCc1cc(=O)[nH]c(SCC(=O)N(CC(C)C)[C@@H]2CCS(=O)(=O)C2)n1. The maximum absolute atomic E-state index is 12.7. The molecule has 2 rings (SSSR count). The Morgan fingerprint density at radius 2 is 2.19 bits per heavy atom. The third-order valence-electron chi connectivity index (χ3n) is 4.14. The van der Waals surface area contributed by atoms with Crippen LogP contribution in [0.3, 0.4) is 0 Å². The summed E-state index contributed by atoms with van der Waals surface area (Å²) in [7, 11) is -3.06. The number of hydrogen-bond donors (Lipinski definition) is 1. The maximum Gasteiger partial charge on any atom is 0.251 e. The Balaban J connectivity index is 2.06. The quantitative estimate of drug-likeness (QED) is 0.523. The lowest BCUT2D eigenvalue weighted by Gasteiger charge is -2.29. The second-order valence-electron chi connectivity index (χ2n) is 7.08. The highest BCUT2D eigenvalue weighted by Gasteiger charge is 2.34. The van der Waals surface area contributed by atoms with Gasteiger partial charge in [0.1, 0.15) is 0 Å². The van der Waals surface area contributed by atoms with E-state index in [4.69, 9.17) is 0 Å². The van der Waals surface area contributed by atoms with E-state index in [1.165, 1.54) is 17.8 Å². The Morgan fingerprint density at radius 3 is 2.77 bits per heavy atom. The number of thioether (sulfide) groups is 1. The largest absolute Gasteiger partial charge is 0.338 e. The summed E-state index contributed by atoms with van der Waals surface area (Å²) in [6.45, 7) is 6.55.